The molecule has 33 heavy (non-hydrogen) atoms. The van der Waals surface area contributed by atoms with Gasteiger partial charge in [0.15, 0.2) is 5.82 Å². The number of hydrogen-bond acceptors (Lipinski definition) is 6. The van der Waals surface area contributed by atoms with Gasteiger partial charge in [-0.2, -0.15) is 4.31 Å². The molecule has 2 heterocycles. The average molecular weight is 467 g/mol. The third-order valence-corrected chi connectivity index (χ3v) is 7.78. The maximum atomic E-state index is 13.1. The Morgan fingerprint density at radius 3 is 2.27 bits per heavy atom. The van der Waals surface area contributed by atoms with Crippen molar-refractivity contribution in [3.8, 4) is 17.0 Å². The van der Waals surface area contributed by atoms with Crippen LogP contribution in [0.15, 0.2) is 65.6 Å². The quantitative estimate of drug-likeness (QED) is 0.465. The molecule has 0 atom stereocenters. The fraction of sp³-hybridized carbons (Fsp3) is 0.360. The van der Waals surface area contributed by atoms with Gasteiger partial charge in [-0.15, -0.1) is 10.2 Å². The van der Waals surface area contributed by atoms with Crippen molar-refractivity contribution in [1.82, 2.24) is 14.5 Å². The van der Waals surface area contributed by atoms with E-state index in [9.17, 15) is 8.42 Å². The second-order valence-electron chi connectivity index (χ2n) is 8.16. The SMILES string of the molecule is CCCCOc1ccc(S(=O)(=O)N2CCN(c3ccc(-c4ccccc4C)nn3)CC2)cc1. The smallest absolute Gasteiger partial charge is 0.243 e. The first-order chi connectivity index (χ1) is 16.0. The van der Waals surface area contributed by atoms with Gasteiger partial charge in [0.1, 0.15) is 5.75 Å². The van der Waals surface area contributed by atoms with Crippen molar-refractivity contribution < 1.29 is 13.2 Å². The number of aromatic nitrogens is 2. The van der Waals surface area contributed by atoms with Crippen molar-refractivity contribution in [2.45, 2.75) is 31.6 Å². The Hall–Kier alpha value is -2.97. The van der Waals surface area contributed by atoms with E-state index in [1.54, 1.807) is 24.3 Å². The summed E-state index contributed by atoms with van der Waals surface area (Å²) in [6.07, 6.45) is 2.03. The van der Waals surface area contributed by atoms with Gasteiger partial charge in [0.05, 0.1) is 17.2 Å². The first kappa shape index (κ1) is 23.2. The van der Waals surface area contributed by atoms with Crippen LogP contribution in [-0.4, -0.2) is 55.7 Å². The molecule has 1 saturated heterocycles. The number of aryl methyl sites for hydroxylation is 1. The number of anilines is 1. The van der Waals surface area contributed by atoms with E-state index in [0.29, 0.717) is 43.4 Å². The summed E-state index contributed by atoms with van der Waals surface area (Å²) >= 11 is 0. The Kier molecular flexibility index (Phi) is 7.25. The summed E-state index contributed by atoms with van der Waals surface area (Å²) in [7, 11) is -3.54. The standard InChI is InChI=1S/C25H30N4O3S/c1-3-4-19-32-21-9-11-22(12-10-21)33(30,31)29-17-15-28(16-18-29)25-14-13-24(26-27-25)23-8-6-5-7-20(23)2/h5-14H,3-4,15-19H2,1-2H3. The van der Waals surface area contributed by atoms with Crippen molar-refractivity contribution in [2.24, 2.45) is 0 Å². The summed E-state index contributed by atoms with van der Waals surface area (Å²) in [5, 5.41) is 8.80. The molecule has 0 aliphatic carbocycles. The lowest BCUT2D eigenvalue weighted by Crippen LogP contribution is -2.48. The van der Waals surface area contributed by atoms with Crippen LogP contribution >= 0.6 is 0 Å². The van der Waals surface area contributed by atoms with Gasteiger partial charge >= 0.3 is 0 Å². The molecule has 0 bridgehead atoms. The first-order valence-electron chi connectivity index (χ1n) is 11.4. The van der Waals surface area contributed by atoms with Crippen molar-refractivity contribution >= 4 is 15.8 Å². The molecule has 0 amide bonds. The largest absolute Gasteiger partial charge is 0.494 e. The van der Waals surface area contributed by atoms with Crippen molar-refractivity contribution in [1.29, 1.82) is 0 Å². The highest BCUT2D eigenvalue weighted by Crippen LogP contribution is 2.24. The fourth-order valence-electron chi connectivity index (χ4n) is 3.85. The Labute approximate surface area is 196 Å². The van der Waals surface area contributed by atoms with Crippen LogP contribution in [0.3, 0.4) is 0 Å². The lowest BCUT2D eigenvalue weighted by molar-refractivity contribution is 0.309. The summed E-state index contributed by atoms with van der Waals surface area (Å²) in [6, 6.07) is 18.7. The Bertz CT molecular complexity index is 1160. The van der Waals surface area contributed by atoms with Gasteiger partial charge in [0.2, 0.25) is 10.0 Å². The number of rotatable bonds is 8. The molecular formula is C25H30N4O3S. The Balaban J connectivity index is 1.37. The Morgan fingerprint density at radius 1 is 0.909 bits per heavy atom. The van der Waals surface area contributed by atoms with Crippen LogP contribution in [-0.2, 0) is 10.0 Å². The molecule has 1 aliphatic rings. The van der Waals surface area contributed by atoms with E-state index in [4.69, 9.17) is 4.74 Å². The number of benzene rings is 2. The lowest BCUT2D eigenvalue weighted by Gasteiger charge is -2.34. The highest BCUT2D eigenvalue weighted by molar-refractivity contribution is 7.89. The lowest BCUT2D eigenvalue weighted by atomic mass is 10.1. The van der Waals surface area contributed by atoms with Gasteiger partial charge in [-0.05, 0) is 55.3 Å². The molecular weight excluding hydrogens is 436 g/mol. The molecule has 0 N–H and O–H groups in total. The summed E-state index contributed by atoms with van der Waals surface area (Å²) in [5.74, 6) is 1.46. The minimum atomic E-state index is -3.54. The van der Waals surface area contributed by atoms with Crippen LogP contribution in [0.25, 0.3) is 11.3 Å². The molecule has 1 fully saturated rings. The van der Waals surface area contributed by atoms with Crippen LogP contribution in [0.4, 0.5) is 5.82 Å². The molecule has 7 nitrogen and oxygen atoms in total. The van der Waals surface area contributed by atoms with E-state index in [0.717, 1.165) is 35.5 Å². The molecule has 3 aromatic rings. The average Bonchev–Trinajstić information content (AvgIpc) is 2.85. The number of piperazine rings is 1. The van der Waals surface area contributed by atoms with Crippen LogP contribution in [0, 0.1) is 6.92 Å². The third-order valence-electron chi connectivity index (χ3n) is 5.86. The van der Waals surface area contributed by atoms with Crippen LogP contribution in [0.1, 0.15) is 25.3 Å². The van der Waals surface area contributed by atoms with E-state index in [-0.39, 0.29) is 0 Å². The molecule has 8 heteroatoms. The normalized spacial score (nSPS) is 14.9. The van der Waals surface area contributed by atoms with E-state index in [1.165, 1.54) is 4.31 Å². The van der Waals surface area contributed by atoms with E-state index in [2.05, 4.69) is 35.0 Å². The molecule has 0 spiro atoms. The minimum absolute atomic E-state index is 0.293. The number of hydrogen-bond donors (Lipinski definition) is 0. The topological polar surface area (TPSA) is 75.6 Å². The van der Waals surface area contributed by atoms with E-state index < -0.39 is 10.0 Å². The van der Waals surface area contributed by atoms with Gasteiger partial charge < -0.3 is 9.64 Å². The zero-order valence-electron chi connectivity index (χ0n) is 19.1. The predicted octanol–water partition coefficient (Wildman–Crippen LogP) is 4.14. The maximum absolute atomic E-state index is 13.1. The van der Waals surface area contributed by atoms with E-state index in [1.807, 2.05) is 30.3 Å². The molecule has 4 rings (SSSR count). The van der Waals surface area contributed by atoms with Crippen molar-refractivity contribution in [3.05, 3.63) is 66.2 Å². The van der Waals surface area contributed by atoms with Crippen molar-refractivity contribution in [3.63, 3.8) is 0 Å². The van der Waals surface area contributed by atoms with Crippen LogP contribution in [0.5, 0.6) is 5.75 Å². The number of nitrogens with zero attached hydrogens (tertiary/aromatic N) is 4. The number of unbranched alkanes of at least 4 members (excludes halogenated alkanes) is 1. The summed E-state index contributed by atoms with van der Waals surface area (Å²) in [6.45, 7) is 6.73. The molecule has 0 unspecified atom stereocenters. The monoisotopic (exact) mass is 466 g/mol. The summed E-state index contributed by atoms with van der Waals surface area (Å²) in [4.78, 5) is 2.37. The van der Waals surface area contributed by atoms with Crippen LogP contribution < -0.4 is 9.64 Å². The van der Waals surface area contributed by atoms with Gasteiger partial charge in [-0.25, -0.2) is 8.42 Å². The Morgan fingerprint density at radius 2 is 1.64 bits per heavy atom. The fourth-order valence-corrected chi connectivity index (χ4v) is 5.27. The summed E-state index contributed by atoms with van der Waals surface area (Å²) < 4.78 is 33.3. The van der Waals surface area contributed by atoms with Crippen molar-refractivity contribution in [2.75, 3.05) is 37.7 Å². The second-order valence-corrected chi connectivity index (χ2v) is 10.1. The van der Waals surface area contributed by atoms with Gasteiger partial charge in [-0.3, -0.25) is 0 Å². The predicted molar refractivity (Wildman–Crippen MR) is 130 cm³/mol. The maximum Gasteiger partial charge on any atom is 0.243 e. The highest BCUT2D eigenvalue weighted by atomic mass is 32.2. The zero-order chi connectivity index (χ0) is 23.3. The molecule has 1 aromatic heterocycles. The number of ether oxygens (including phenoxy) is 1. The first-order valence-corrected chi connectivity index (χ1v) is 12.8. The molecule has 0 saturated carbocycles. The third kappa shape index (κ3) is 5.34. The van der Waals surface area contributed by atoms with Gasteiger partial charge in [-0.1, -0.05) is 37.6 Å². The molecule has 174 valence electrons. The van der Waals surface area contributed by atoms with Crippen LogP contribution in [0.2, 0.25) is 0 Å². The minimum Gasteiger partial charge on any atom is -0.494 e. The zero-order valence-corrected chi connectivity index (χ0v) is 20.0. The second kappa shape index (κ2) is 10.3. The summed E-state index contributed by atoms with van der Waals surface area (Å²) in [5.41, 5.74) is 3.05. The van der Waals surface area contributed by atoms with Gasteiger partial charge in [0, 0.05) is 31.7 Å². The number of sulfonamides is 1. The molecule has 2 aromatic carbocycles. The van der Waals surface area contributed by atoms with Gasteiger partial charge in [0.25, 0.3) is 0 Å². The molecule has 1 aliphatic heterocycles. The highest BCUT2D eigenvalue weighted by Gasteiger charge is 2.29. The van der Waals surface area contributed by atoms with E-state index >= 15 is 0 Å². The molecule has 0 radical (unpaired) electrons.